The van der Waals surface area contributed by atoms with Gasteiger partial charge in [-0.2, -0.15) is 9.29 Å². The molecule has 2 aliphatic carbocycles. The average molecular weight is 617 g/mol. The Bertz CT molecular complexity index is 1360. The number of amides is 1. The Labute approximate surface area is 246 Å². The molecule has 4 N–H and O–H groups in total. The molecule has 0 radical (unpaired) electrons. The van der Waals surface area contributed by atoms with Gasteiger partial charge in [-0.1, -0.05) is 12.2 Å². The van der Waals surface area contributed by atoms with Crippen molar-refractivity contribution in [2.24, 2.45) is 23.5 Å². The maximum Gasteiger partial charge on any atom is 0.229 e. The van der Waals surface area contributed by atoms with E-state index < -0.39 is 27.7 Å². The van der Waals surface area contributed by atoms with Crippen LogP contribution in [-0.4, -0.2) is 66.6 Å². The average Bonchev–Trinajstić information content (AvgIpc) is 3.48. The van der Waals surface area contributed by atoms with Gasteiger partial charge in [-0.3, -0.25) is 4.79 Å². The Hall–Kier alpha value is -2.67. The van der Waals surface area contributed by atoms with Crippen molar-refractivity contribution in [1.82, 2.24) is 14.3 Å². The highest BCUT2D eigenvalue weighted by atomic mass is 35.5. The molecule has 5 rings (SSSR count). The summed E-state index contributed by atoms with van der Waals surface area (Å²) < 4.78 is 40.6. The first-order valence-electron chi connectivity index (χ1n) is 12.9. The van der Waals surface area contributed by atoms with Crippen molar-refractivity contribution in [2.75, 3.05) is 47.5 Å². The molecule has 2 aromatic rings. The van der Waals surface area contributed by atoms with Crippen LogP contribution in [0.5, 0.6) is 0 Å². The number of nitrogens with zero attached hydrogens (tertiary/aromatic N) is 4. The summed E-state index contributed by atoms with van der Waals surface area (Å²) >= 11 is 0. The largest absolute Gasteiger partial charge is 0.369 e. The monoisotopic (exact) mass is 615 g/mol. The predicted octanol–water partition coefficient (Wildman–Crippen LogP) is 3.38. The van der Waals surface area contributed by atoms with Gasteiger partial charge in [-0.05, 0) is 62.3 Å². The van der Waals surface area contributed by atoms with Crippen molar-refractivity contribution in [1.29, 1.82) is 0 Å². The number of aromatic nitrogens is 2. The second-order valence-corrected chi connectivity index (χ2v) is 12.6. The molecule has 220 valence electrons. The lowest BCUT2D eigenvalue weighted by atomic mass is 9.88. The van der Waals surface area contributed by atoms with Crippen LogP contribution in [0.2, 0.25) is 0 Å². The first-order valence-corrected chi connectivity index (χ1v) is 14.6. The third kappa shape index (κ3) is 6.14. The summed E-state index contributed by atoms with van der Waals surface area (Å²) in [5, 5.41) is 6.29. The summed E-state index contributed by atoms with van der Waals surface area (Å²) in [5.41, 5.74) is 9.53. The summed E-state index contributed by atoms with van der Waals surface area (Å²) in [4.78, 5) is 22.7. The normalized spacial score (nSPS) is 23.9. The number of benzene rings is 1. The molecule has 14 heteroatoms. The van der Waals surface area contributed by atoms with Gasteiger partial charge in [0.05, 0.1) is 17.9 Å². The van der Waals surface area contributed by atoms with Crippen LogP contribution in [0.1, 0.15) is 24.5 Å². The van der Waals surface area contributed by atoms with Crippen molar-refractivity contribution in [2.45, 2.75) is 33.2 Å². The van der Waals surface area contributed by atoms with E-state index in [0.29, 0.717) is 26.2 Å². The summed E-state index contributed by atoms with van der Waals surface area (Å²) in [6.45, 7) is 7.84. The number of halogens is 3. The van der Waals surface area contributed by atoms with Gasteiger partial charge >= 0.3 is 0 Å². The van der Waals surface area contributed by atoms with E-state index in [9.17, 15) is 17.6 Å². The fourth-order valence-electron chi connectivity index (χ4n) is 6.12. The number of hydrogen-bond donors (Lipinski definition) is 3. The summed E-state index contributed by atoms with van der Waals surface area (Å²) in [6.07, 6.45) is 5.99. The van der Waals surface area contributed by atoms with Crippen LogP contribution < -0.4 is 21.3 Å². The van der Waals surface area contributed by atoms with Gasteiger partial charge in [0.25, 0.3) is 0 Å². The molecule has 1 saturated heterocycles. The summed E-state index contributed by atoms with van der Waals surface area (Å²) in [7, 11) is -3.19. The number of rotatable bonds is 8. The number of fused-ring (bicyclic) bond motifs is 2. The predicted molar refractivity (Wildman–Crippen MR) is 160 cm³/mol. The Kier molecular flexibility index (Phi) is 9.92. The number of hydrogen-bond acceptors (Lipinski definition) is 8. The van der Waals surface area contributed by atoms with Crippen LogP contribution in [0.15, 0.2) is 30.5 Å². The van der Waals surface area contributed by atoms with Crippen molar-refractivity contribution in [3.8, 4) is 0 Å². The van der Waals surface area contributed by atoms with Gasteiger partial charge in [0.1, 0.15) is 0 Å². The van der Waals surface area contributed by atoms with Crippen LogP contribution >= 0.6 is 24.8 Å². The van der Waals surface area contributed by atoms with Crippen molar-refractivity contribution in [3.05, 3.63) is 47.4 Å². The molecular formula is C26H36Cl2FN7O3S. The maximum atomic E-state index is 14.6. The lowest BCUT2D eigenvalue weighted by Crippen LogP contribution is -2.49. The maximum absolute atomic E-state index is 14.6. The molecule has 3 aliphatic rings. The Morgan fingerprint density at radius 1 is 1.10 bits per heavy atom. The summed E-state index contributed by atoms with van der Waals surface area (Å²) in [6, 6.07) is 3.64. The number of piperazine rings is 1. The van der Waals surface area contributed by atoms with Crippen LogP contribution in [0.25, 0.3) is 0 Å². The fourth-order valence-corrected chi connectivity index (χ4v) is 7.21. The minimum absolute atomic E-state index is 0. The molecule has 1 aromatic carbocycles. The molecule has 2 bridgehead atoms. The number of anilines is 4. The zero-order valence-corrected chi connectivity index (χ0v) is 25.1. The van der Waals surface area contributed by atoms with Crippen molar-refractivity contribution >= 4 is 63.9 Å². The van der Waals surface area contributed by atoms with E-state index in [1.807, 2.05) is 32.1 Å². The number of nitrogens with two attached hydrogens (primary N) is 1. The zero-order chi connectivity index (χ0) is 27.2. The lowest BCUT2D eigenvalue weighted by molar-refractivity contribution is -0.122. The number of carbonyl (C=O) groups excluding carboxylic acids is 1. The smallest absolute Gasteiger partial charge is 0.229 e. The van der Waals surface area contributed by atoms with E-state index in [2.05, 4.69) is 31.6 Å². The van der Waals surface area contributed by atoms with Crippen molar-refractivity contribution < 1.29 is 17.6 Å². The number of sulfonamides is 1. The van der Waals surface area contributed by atoms with Crippen LogP contribution in [0, 0.1) is 37.4 Å². The molecule has 1 aliphatic heterocycles. The standard InChI is InChI=1S/C26H34FN7O3S.2ClH/c1-4-38(36,37)34-9-7-33(8-10-34)23-15(2)11-19(12-16(23)3)30-26-29-14-20(27)25(32-26)31-22-18-6-5-17(13-18)21(22)24(28)35;;/h5-6,11-12,14,17-18,21-22H,4,7-10,13H2,1-3H3,(H2,28,35)(H2,29,30,31,32);2*1H/t17-,18+,21+,22-;;/m1../s1. The number of nitrogens with one attached hydrogen (secondary N) is 2. The van der Waals surface area contributed by atoms with Crippen LogP contribution in [0.4, 0.5) is 27.5 Å². The van der Waals surface area contributed by atoms with Gasteiger partial charge in [-0.15, -0.1) is 24.8 Å². The Balaban J connectivity index is 0.00000220. The third-order valence-electron chi connectivity index (χ3n) is 7.90. The van der Waals surface area contributed by atoms with Gasteiger partial charge in [0.15, 0.2) is 11.6 Å². The minimum atomic E-state index is -3.19. The van der Waals surface area contributed by atoms with E-state index >= 15 is 0 Å². The Morgan fingerprint density at radius 2 is 1.73 bits per heavy atom. The van der Waals surface area contributed by atoms with E-state index in [4.69, 9.17) is 5.73 Å². The zero-order valence-electron chi connectivity index (χ0n) is 22.6. The SMILES string of the molecule is CCS(=O)(=O)N1CCN(c2c(C)cc(Nc3ncc(F)c(N[C@H]4[C@@H](C(N)=O)[C@@H]5C=C[C@H]4C5)n3)cc2C)CC1.Cl.Cl. The van der Waals surface area contributed by atoms with Gasteiger partial charge in [-0.25, -0.2) is 17.8 Å². The molecule has 1 saturated carbocycles. The molecule has 2 fully saturated rings. The van der Waals surface area contributed by atoms with Crippen LogP contribution in [-0.2, 0) is 14.8 Å². The molecule has 40 heavy (non-hydrogen) atoms. The number of primary amides is 1. The van der Waals surface area contributed by atoms with E-state index in [1.54, 1.807) is 11.2 Å². The molecule has 2 heterocycles. The fraction of sp³-hybridized carbons (Fsp3) is 0.500. The van der Waals surface area contributed by atoms with E-state index in [-0.39, 0.29) is 60.2 Å². The number of aryl methyl sites for hydroxylation is 2. The van der Waals surface area contributed by atoms with Gasteiger partial charge < -0.3 is 21.3 Å². The van der Waals surface area contributed by atoms with Gasteiger partial charge in [0, 0.05) is 43.6 Å². The summed E-state index contributed by atoms with van der Waals surface area (Å²) in [5.74, 6) is -0.857. The van der Waals surface area contributed by atoms with Crippen molar-refractivity contribution in [3.63, 3.8) is 0 Å². The minimum Gasteiger partial charge on any atom is -0.369 e. The van der Waals surface area contributed by atoms with Crippen LogP contribution in [0.3, 0.4) is 0 Å². The second-order valence-electron chi connectivity index (χ2n) is 10.3. The molecule has 1 amide bonds. The molecule has 1 aromatic heterocycles. The van der Waals surface area contributed by atoms with E-state index in [1.165, 1.54) is 0 Å². The molecule has 0 unspecified atom stereocenters. The number of allylic oxidation sites excluding steroid dienone is 1. The third-order valence-corrected chi connectivity index (χ3v) is 9.78. The highest BCUT2D eigenvalue weighted by Crippen LogP contribution is 2.45. The number of carbonyl (C=O) groups is 1. The van der Waals surface area contributed by atoms with Gasteiger partial charge in [0.2, 0.25) is 21.9 Å². The Morgan fingerprint density at radius 3 is 2.33 bits per heavy atom. The quantitative estimate of drug-likeness (QED) is 0.385. The lowest BCUT2D eigenvalue weighted by Gasteiger charge is -2.37. The highest BCUT2D eigenvalue weighted by molar-refractivity contribution is 7.89. The molecular weight excluding hydrogens is 580 g/mol. The first kappa shape index (κ1) is 31.9. The second kappa shape index (κ2) is 12.5. The molecule has 4 atom stereocenters. The first-order chi connectivity index (χ1) is 18.1. The molecule has 0 spiro atoms. The van der Waals surface area contributed by atoms with E-state index in [0.717, 1.165) is 35.1 Å². The molecule has 10 nitrogen and oxygen atoms in total. The highest BCUT2D eigenvalue weighted by Gasteiger charge is 2.47. The topological polar surface area (TPSA) is 134 Å².